The number of halogens is 2. The molecule has 1 aromatic carbocycles. The molecule has 2 amide bonds. The predicted octanol–water partition coefficient (Wildman–Crippen LogP) is 2.53. The topological polar surface area (TPSA) is 82.1 Å². The highest BCUT2D eigenvalue weighted by Gasteiger charge is 2.49. The SMILES string of the molecule is CCOC(=O)C(CN1C(=O)c2cc(Cl)c(Cl)cc2C1=O)C1(C)OCCO1. The third-order valence-corrected chi connectivity index (χ3v) is 5.16. The quantitative estimate of drug-likeness (QED) is 0.556. The minimum absolute atomic E-state index is 0.144. The van der Waals surface area contributed by atoms with Gasteiger partial charge in [-0.1, -0.05) is 23.2 Å². The number of amides is 2. The zero-order valence-corrected chi connectivity index (χ0v) is 15.7. The molecule has 0 saturated carbocycles. The third-order valence-electron chi connectivity index (χ3n) is 4.44. The fraction of sp³-hybridized carbons (Fsp3) is 0.471. The molecule has 1 unspecified atom stereocenters. The molecule has 9 heteroatoms. The molecule has 0 spiro atoms. The van der Waals surface area contributed by atoms with Gasteiger partial charge in [0.2, 0.25) is 0 Å². The Morgan fingerprint density at radius 3 is 2.15 bits per heavy atom. The molecule has 0 radical (unpaired) electrons. The second-order valence-corrected chi connectivity index (χ2v) is 6.86. The largest absolute Gasteiger partial charge is 0.466 e. The van der Waals surface area contributed by atoms with Gasteiger partial charge in [0.25, 0.3) is 11.8 Å². The van der Waals surface area contributed by atoms with Crippen molar-refractivity contribution in [1.82, 2.24) is 4.90 Å². The van der Waals surface area contributed by atoms with Gasteiger partial charge < -0.3 is 14.2 Å². The van der Waals surface area contributed by atoms with Gasteiger partial charge in [0, 0.05) is 6.54 Å². The van der Waals surface area contributed by atoms with Crippen molar-refractivity contribution in [3.63, 3.8) is 0 Å². The standard InChI is InChI=1S/C17H17Cl2NO6/c1-3-24-16(23)11(17(2)25-4-5-26-17)8-20-14(21)9-6-12(18)13(19)7-10(9)15(20)22/h6-7,11H,3-5,8H2,1-2H3. The van der Waals surface area contributed by atoms with Gasteiger partial charge in [0.1, 0.15) is 5.92 Å². The Balaban J connectivity index is 1.91. The Morgan fingerprint density at radius 2 is 1.69 bits per heavy atom. The Kier molecular flexibility index (Phi) is 5.25. The molecule has 0 aromatic heterocycles. The average Bonchev–Trinajstić information content (AvgIpc) is 3.11. The summed E-state index contributed by atoms with van der Waals surface area (Å²) >= 11 is 11.9. The first-order chi connectivity index (χ1) is 12.3. The van der Waals surface area contributed by atoms with E-state index in [-0.39, 0.29) is 34.3 Å². The second kappa shape index (κ2) is 7.15. The maximum absolute atomic E-state index is 12.7. The molecule has 1 atom stereocenters. The van der Waals surface area contributed by atoms with Crippen LogP contribution in [-0.4, -0.2) is 54.8 Å². The summed E-state index contributed by atoms with van der Waals surface area (Å²) in [4.78, 5) is 38.8. The van der Waals surface area contributed by atoms with Crippen molar-refractivity contribution < 1.29 is 28.6 Å². The van der Waals surface area contributed by atoms with E-state index >= 15 is 0 Å². The molecule has 1 aromatic rings. The van der Waals surface area contributed by atoms with E-state index in [4.69, 9.17) is 37.4 Å². The van der Waals surface area contributed by atoms with Crippen LogP contribution < -0.4 is 0 Å². The number of ether oxygens (including phenoxy) is 3. The van der Waals surface area contributed by atoms with Gasteiger partial charge in [0.05, 0.1) is 41.0 Å². The molecule has 7 nitrogen and oxygen atoms in total. The molecule has 26 heavy (non-hydrogen) atoms. The molecule has 2 aliphatic heterocycles. The Bertz CT molecular complexity index is 734. The van der Waals surface area contributed by atoms with Gasteiger partial charge in [-0.15, -0.1) is 0 Å². The summed E-state index contributed by atoms with van der Waals surface area (Å²) in [5.74, 6) is -3.99. The molecule has 1 fully saturated rings. The van der Waals surface area contributed by atoms with Crippen molar-refractivity contribution in [3.05, 3.63) is 33.3 Å². The summed E-state index contributed by atoms with van der Waals surface area (Å²) in [5.41, 5.74) is 0.288. The van der Waals surface area contributed by atoms with Crippen LogP contribution in [0.15, 0.2) is 12.1 Å². The molecule has 2 aliphatic rings. The first-order valence-corrected chi connectivity index (χ1v) is 8.84. The average molecular weight is 402 g/mol. The number of hydrogen-bond donors (Lipinski definition) is 0. The summed E-state index contributed by atoms with van der Waals surface area (Å²) in [6, 6.07) is 2.70. The predicted molar refractivity (Wildman–Crippen MR) is 92.3 cm³/mol. The Morgan fingerprint density at radius 1 is 1.19 bits per heavy atom. The zero-order valence-electron chi connectivity index (χ0n) is 14.2. The van der Waals surface area contributed by atoms with Crippen molar-refractivity contribution in [2.24, 2.45) is 5.92 Å². The number of benzene rings is 1. The highest BCUT2D eigenvalue weighted by Crippen LogP contribution is 2.35. The Labute approximate surface area is 160 Å². The molecule has 140 valence electrons. The van der Waals surface area contributed by atoms with E-state index in [1.165, 1.54) is 12.1 Å². The maximum atomic E-state index is 12.7. The van der Waals surface area contributed by atoms with Crippen molar-refractivity contribution in [2.45, 2.75) is 19.6 Å². The van der Waals surface area contributed by atoms with Crippen LogP contribution in [0.1, 0.15) is 34.6 Å². The van der Waals surface area contributed by atoms with Crippen LogP contribution in [0, 0.1) is 5.92 Å². The monoisotopic (exact) mass is 401 g/mol. The van der Waals surface area contributed by atoms with E-state index in [0.29, 0.717) is 13.2 Å². The van der Waals surface area contributed by atoms with Gasteiger partial charge in [-0.3, -0.25) is 19.3 Å². The molecular weight excluding hydrogens is 385 g/mol. The molecule has 2 heterocycles. The van der Waals surface area contributed by atoms with Crippen LogP contribution in [0.5, 0.6) is 0 Å². The minimum Gasteiger partial charge on any atom is -0.466 e. The zero-order chi connectivity index (χ0) is 19.1. The lowest BCUT2D eigenvalue weighted by molar-refractivity contribution is -0.201. The van der Waals surface area contributed by atoms with E-state index in [9.17, 15) is 14.4 Å². The van der Waals surface area contributed by atoms with Crippen LogP contribution in [0.3, 0.4) is 0 Å². The fourth-order valence-corrected chi connectivity index (χ4v) is 3.39. The van der Waals surface area contributed by atoms with Crippen LogP contribution in [0.25, 0.3) is 0 Å². The van der Waals surface area contributed by atoms with Crippen LogP contribution in [0.4, 0.5) is 0 Å². The van der Waals surface area contributed by atoms with E-state index in [0.717, 1.165) is 4.90 Å². The van der Waals surface area contributed by atoms with Crippen molar-refractivity contribution >= 4 is 41.0 Å². The first kappa shape index (κ1) is 19.1. The normalized spacial score (nSPS) is 19.6. The molecule has 0 aliphatic carbocycles. The van der Waals surface area contributed by atoms with E-state index in [1.54, 1.807) is 13.8 Å². The van der Waals surface area contributed by atoms with Crippen molar-refractivity contribution in [1.29, 1.82) is 0 Å². The van der Waals surface area contributed by atoms with E-state index in [1.807, 2.05) is 0 Å². The lowest BCUT2D eigenvalue weighted by atomic mass is 9.99. The van der Waals surface area contributed by atoms with E-state index in [2.05, 4.69) is 0 Å². The Hall–Kier alpha value is -1.67. The number of carbonyl (C=O) groups excluding carboxylic acids is 3. The van der Waals surface area contributed by atoms with Gasteiger partial charge in [-0.05, 0) is 26.0 Å². The first-order valence-electron chi connectivity index (χ1n) is 8.08. The minimum atomic E-state index is -1.28. The van der Waals surface area contributed by atoms with Gasteiger partial charge in [-0.2, -0.15) is 0 Å². The molecule has 1 saturated heterocycles. The summed E-state index contributed by atoms with van der Waals surface area (Å²) in [5, 5.41) is 0.342. The summed E-state index contributed by atoms with van der Waals surface area (Å²) in [6.07, 6.45) is 0. The number of hydrogen-bond acceptors (Lipinski definition) is 6. The smallest absolute Gasteiger partial charge is 0.316 e. The maximum Gasteiger partial charge on any atom is 0.316 e. The molecule has 0 N–H and O–H groups in total. The second-order valence-electron chi connectivity index (χ2n) is 6.05. The highest BCUT2D eigenvalue weighted by atomic mass is 35.5. The summed E-state index contributed by atoms with van der Waals surface area (Å²) in [6.45, 7) is 3.78. The van der Waals surface area contributed by atoms with Gasteiger partial charge >= 0.3 is 5.97 Å². The number of carbonyl (C=O) groups is 3. The number of rotatable bonds is 5. The third kappa shape index (κ3) is 3.20. The lowest BCUT2D eigenvalue weighted by Crippen LogP contribution is -2.49. The van der Waals surface area contributed by atoms with Gasteiger partial charge in [0.15, 0.2) is 5.79 Å². The van der Waals surface area contributed by atoms with E-state index < -0.39 is 29.5 Å². The summed E-state index contributed by atoms with van der Waals surface area (Å²) in [7, 11) is 0. The number of imide groups is 1. The molecular formula is C17H17Cl2NO6. The number of esters is 1. The van der Waals surface area contributed by atoms with Crippen LogP contribution in [-0.2, 0) is 19.0 Å². The van der Waals surface area contributed by atoms with Crippen molar-refractivity contribution in [2.75, 3.05) is 26.4 Å². The molecule has 0 bridgehead atoms. The number of nitrogens with zero attached hydrogens (tertiary/aromatic N) is 1. The van der Waals surface area contributed by atoms with Gasteiger partial charge in [-0.25, -0.2) is 0 Å². The van der Waals surface area contributed by atoms with Crippen molar-refractivity contribution in [3.8, 4) is 0 Å². The highest BCUT2D eigenvalue weighted by molar-refractivity contribution is 6.43. The van der Waals surface area contributed by atoms with Crippen LogP contribution >= 0.6 is 23.2 Å². The molecule has 3 rings (SSSR count). The number of fused-ring (bicyclic) bond motifs is 1. The summed E-state index contributed by atoms with van der Waals surface area (Å²) < 4.78 is 16.2. The lowest BCUT2D eigenvalue weighted by Gasteiger charge is -2.32. The van der Waals surface area contributed by atoms with Crippen LogP contribution in [0.2, 0.25) is 10.0 Å². The fourth-order valence-electron chi connectivity index (χ4n) is 3.06.